The minimum absolute atomic E-state index is 0.0322. The molecule has 0 radical (unpaired) electrons. The van der Waals surface area contributed by atoms with Crippen molar-refractivity contribution in [1.82, 2.24) is 10.3 Å². The van der Waals surface area contributed by atoms with E-state index in [0.29, 0.717) is 25.5 Å². The van der Waals surface area contributed by atoms with Gasteiger partial charge in [0.1, 0.15) is 5.75 Å². The molecule has 1 amide bonds. The van der Waals surface area contributed by atoms with Crippen LogP contribution in [-0.4, -0.2) is 29.6 Å². The molecular weight excluding hydrogens is 254 g/mol. The van der Waals surface area contributed by atoms with Crippen LogP contribution in [0.4, 0.5) is 0 Å². The van der Waals surface area contributed by atoms with Gasteiger partial charge in [-0.1, -0.05) is 0 Å². The normalized spacial score (nSPS) is 15.8. The first kappa shape index (κ1) is 14.8. The Balaban J connectivity index is 1.85. The van der Waals surface area contributed by atoms with Crippen molar-refractivity contribution in [3.05, 3.63) is 23.5 Å². The van der Waals surface area contributed by atoms with Crippen molar-refractivity contribution in [3.8, 4) is 5.75 Å². The number of hydrogen-bond donors (Lipinski definition) is 2. The quantitative estimate of drug-likeness (QED) is 0.788. The molecule has 1 aliphatic carbocycles. The van der Waals surface area contributed by atoms with E-state index in [-0.39, 0.29) is 11.9 Å². The molecule has 1 fully saturated rings. The number of aromatic nitrogens is 1. The lowest BCUT2D eigenvalue weighted by molar-refractivity contribution is -0.121. The molecule has 0 saturated heterocycles. The second-order valence-corrected chi connectivity index (χ2v) is 5.52. The SMILES string of the molecule is Cc1ccc(OCCC(=O)NC2CC2)c(CC(C)N)n1. The molecule has 110 valence electrons. The number of carbonyl (C=O) groups excluding carboxylic acids is 1. The summed E-state index contributed by atoms with van der Waals surface area (Å²) in [5, 5.41) is 2.94. The van der Waals surface area contributed by atoms with Crippen LogP contribution >= 0.6 is 0 Å². The van der Waals surface area contributed by atoms with Gasteiger partial charge in [0.15, 0.2) is 0 Å². The average Bonchev–Trinajstić information content (AvgIpc) is 3.15. The lowest BCUT2D eigenvalue weighted by Gasteiger charge is -2.13. The first-order chi connectivity index (χ1) is 9.54. The number of aryl methyl sites for hydroxylation is 1. The van der Waals surface area contributed by atoms with E-state index in [1.54, 1.807) is 0 Å². The van der Waals surface area contributed by atoms with Crippen LogP contribution < -0.4 is 15.8 Å². The highest BCUT2D eigenvalue weighted by molar-refractivity contribution is 5.76. The predicted octanol–water partition coefficient (Wildman–Crippen LogP) is 1.33. The van der Waals surface area contributed by atoms with Crippen molar-refractivity contribution < 1.29 is 9.53 Å². The topological polar surface area (TPSA) is 77.2 Å². The number of carbonyl (C=O) groups is 1. The van der Waals surface area contributed by atoms with Gasteiger partial charge < -0.3 is 15.8 Å². The van der Waals surface area contributed by atoms with E-state index in [1.165, 1.54) is 0 Å². The molecular formula is C15H23N3O2. The number of nitrogens with one attached hydrogen (secondary N) is 1. The summed E-state index contributed by atoms with van der Waals surface area (Å²) >= 11 is 0. The van der Waals surface area contributed by atoms with Gasteiger partial charge in [-0.05, 0) is 38.8 Å². The summed E-state index contributed by atoms with van der Waals surface area (Å²) in [6.07, 6.45) is 3.26. The van der Waals surface area contributed by atoms with Gasteiger partial charge in [-0.15, -0.1) is 0 Å². The second kappa shape index (κ2) is 6.70. The summed E-state index contributed by atoms with van der Waals surface area (Å²) in [6.45, 7) is 4.25. The summed E-state index contributed by atoms with van der Waals surface area (Å²) in [6, 6.07) is 4.24. The molecule has 1 aromatic heterocycles. The Labute approximate surface area is 119 Å². The monoisotopic (exact) mass is 277 g/mol. The molecule has 1 unspecified atom stereocenters. The molecule has 1 aliphatic rings. The van der Waals surface area contributed by atoms with E-state index in [4.69, 9.17) is 10.5 Å². The Bertz CT molecular complexity index is 470. The zero-order valence-corrected chi connectivity index (χ0v) is 12.2. The fourth-order valence-electron chi connectivity index (χ4n) is 1.96. The predicted molar refractivity (Wildman–Crippen MR) is 77.6 cm³/mol. The van der Waals surface area contributed by atoms with E-state index in [9.17, 15) is 4.79 Å². The third-order valence-electron chi connectivity index (χ3n) is 3.12. The van der Waals surface area contributed by atoms with Crippen LogP contribution in [0.2, 0.25) is 0 Å². The van der Waals surface area contributed by atoms with Gasteiger partial charge in [-0.25, -0.2) is 0 Å². The smallest absolute Gasteiger partial charge is 0.223 e. The van der Waals surface area contributed by atoms with Crippen LogP contribution in [0, 0.1) is 6.92 Å². The molecule has 0 bridgehead atoms. The first-order valence-electron chi connectivity index (χ1n) is 7.19. The van der Waals surface area contributed by atoms with Crippen LogP contribution in [0.1, 0.15) is 37.6 Å². The minimum atomic E-state index is 0.0322. The van der Waals surface area contributed by atoms with E-state index < -0.39 is 0 Å². The van der Waals surface area contributed by atoms with E-state index >= 15 is 0 Å². The van der Waals surface area contributed by atoms with E-state index in [2.05, 4.69) is 10.3 Å². The lowest BCUT2D eigenvalue weighted by Crippen LogP contribution is -2.27. The van der Waals surface area contributed by atoms with E-state index in [1.807, 2.05) is 26.0 Å². The number of amides is 1. The zero-order chi connectivity index (χ0) is 14.5. The first-order valence-corrected chi connectivity index (χ1v) is 7.19. The molecule has 0 aromatic carbocycles. The van der Waals surface area contributed by atoms with Gasteiger partial charge in [0.25, 0.3) is 0 Å². The molecule has 0 aliphatic heterocycles. The highest BCUT2D eigenvalue weighted by Gasteiger charge is 2.22. The van der Waals surface area contributed by atoms with Crippen molar-refractivity contribution in [3.63, 3.8) is 0 Å². The Kier molecular flexibility index (Phi) is 4.95. The Morgan fingerprint density at radius 1 is 1.55 bits per heavy atom. The Morgan fingerprint density at radius 2 is 2.30 bits per heavy atom. The second-order valence-electron chi connectivity index (χ2n) is 5.52. The molecule has 0 spiro atoms. The molecule has 2 rings (SSSR count). The van der Waals surface area contributed by atoms with Gasteiger partial charge >= 0.3 is 0 Å². The van der Waals surface area contributed by atoms with Crippen molar-refractivity contribution in [2.45, 2.75) is 51.6 Å². The maximum Gasteiger partial charge on any atom is 0.223 e. The summed E-state index contributed by atoms with van der Waals surface area (Å²) in [4.78, 5) is 16.0. The summed E-state index contributed by atoms with van der Waals surface area (Å²) in [5.74, 6) is 0.786. The van der Waals surface area contributed by atoms with Crippen LogP contribution in [0.3, 0.4) is 0 Å². The molecule has 5 nitrogen and oxygen atoms in total. The van der Waals surface area contributed by atoms with Gasteiger partial charge in [0.05, 0.1) is 18.7 Å². The highest BCUT2D eigenvalue weighted by atomic mass is 16.5. The van der Waals surface area contributed by atoms with Gasteiger partial charge in [-0.2, -0.15) is 0 Å². The third kappa shape index (κ3) is 4.81. The average molecular weight is 277 g/mol. The fourth-order valence-corrected chi connectivity index (χ4v) is 1.96. The third-order valence-corrected chi connectivity index (χ3v) is 3.12. The number of ether oxygens (including phenoxy) is 1. The molecule has 1 saturated carbocycles. The zero-order valence-electron chi connectivity index (χ0n) is 12.2. The molecule has 5 heteroatoms. The van der Waals surface area contributed by atoms with Crippen molar-refractivity contribution >= 4 is 5.91 Å². The number of nitrogens with zero attached hydrogens (tertiary/aromatic N) is 1. The van der Waals surface area contributed by atoms with Crippen LogP contribution in [0.5, 0.6) is 5.75 Å². The van der Waals surface area contributed by atoms with Gasteiger partial charge in [0, 0.05) is 24.2 Å². The molecule has 1 atom stereocenters. The lowest BCUT2D eigenvalue weighted by atomic mass is 10.1. The maximum absolute atomic E-state index is 11.6. The van der Waals surface area contributed by atoms with Crippen molar-refractivity contribution in [2.24, 2.45) is 5.73 Å². The summed E-state index contributed by atoms with van der Waals surface area (Å²) in [7, 11) is 0. The van der Waals surface area contributed by atoms with Gasteiger partial charge in [-0.3, -0.25) is 9.78 Å². The van der Waals surface area contributed by atoms with Crippen LogP contribution in [0.15, 0.2) is 12.1 Å². The van der Waals surface area contributed by atoms with Crippen molar-refractivity contribution in [2.75, 3.05) is 6.61 Å². The summed E-state index contributed by atoms with van der Waals surface area (Å²) < 4.78 is 5.69. The summed E-state index contributed by atoms with van der Waals surface area (Å²) in [5.41, 5.74) is 7.63. The number of pyridine rings is 1. The van der Waals surface area contributed by atoms with Crippen molar-refractivity contribution in [1.29, 1.82) is 0 Å². The van der Waals surface area contributed by atoms with Crippen LogP contribution in [0.25, 0.3) is 0 Å². The van der Waals surface area contributed by atoms with Crippen LogP contribution in [-0.2, 0) is 11.2 Å². The minimum Gasteiger partial charge on any atom is -0.491 e. The number of hydrogen-bond acceptors (Lipinski definition) is 4. The Hall–Kier alpha value is -1.62. The largest absolute Gasteiger partial charge is 0.491 e. The highest BCUT2D eigenvalue weighted by Crippen LogP contribution is 2.20. The molecule has 20 heavy (non-hydrogen) atoms. The standard InChI is InChI=1S/C15H23N3O2/c1-10(16)9-13-14(6-3-11(2)17-13)20-8-7-15(19)18-12-4-5-12/h3,6,10,12H,4-5,7-9,16H2,1-2H3,(H,18,19). The number of rotatable bonds is 7. The molecule has 3 N–H and O–H groups in total. The van der Waals surface area contributed by atoms with Gasteiger partial charge in [0.2, 0.25) is 5.91 Å². The Morgan fingerprint density at radius 3 is 2.95 bits per heavy atom. The maximum atomic E-state index is 11.6. The van der Waals surface area contributed by atoms with E-state index in [0.717, 1.165) is 30.0 Å². The fraction of sp³-hybridized carbons (Fsp3) is 0.600. The molecule has 1 aromatic rings. The molecule has 1 heterocycles. The number of nitrogens with two attached hydrogens (primary N) is 1.